The van der Waals surface area contributed by atoms with E-state index in [1.54, 1.807) is 48.5 Å². The summed E-state index contributed by atoms with van der Waals surface area (Å²) < 4.78 is 5.14. The molecule has 0 fully saturated rings. The molecule has 5 heteroatoms. The van der Waals surface area contributed by atoms with Gasteiger partial charge in [0.05, 0.1) is 17.9 Å². The summed E-state index contributed by atoms with van der Waals surface area (Å²) in [6.07, 6.45) is 1.77. The van der Waals surface area contributed by atoms with Crippen LogP contribution >= 0.6 is 0 Å². The van der Waals surface area contributed by atoms with E-state index in [9.17, 15) is 14.4 Å². The second kappa shape index (κ2) is 10.7. The van der Waals surface area contributed by atoms with Crippen LogP contribution in [0.15, 0.2) is 91.1 Å². The van der Waals surface area contributed by atoms with E-state index in [1.165, 1.54) is 13.1 Å². The van der Waals surface area contributed by atoms with Crippen LogP contribution in [-0.4, -0.2) is 29.1 Å². The number of aryl methyl sites for hydroxylation is 1. The molecule has 5 nitrogen and oxygen atoms in total. The lowest BCUT2D eigenvalue weighted by molar-refractivity contribution is -0.140. The monoisotopic (exact) mass is 463 g/mol. The highest BCUT2D eigenvalue weighted by molar-refractivity contribution is 6.19. The summed E-state index contributed by atoms with van der Waals surface area (Å²) in [4.78, 5) is 43.4. The molecule has 0 saturated heterocycles. The van der Waals surface area contributed by atoms with Crippen molar-refractivity contribution in [2.24, 2.45) is 0 Å². The van der Waals surface area contributed by atoms with Crippen molar-refractivity contribution in [1.29, 1.82) is 0 Å². The largest absolute Gasteiger partial charge is 0.465 e. The minimum atomic E-state index is -0.407. The standard InChI is InChI=1S/C30H25NO4/c1-20-10-9-15-24(18-20)27-25(29(33)22-11-5-3-6-12-22)19-31-26(16-17-35-21(2)32)28(27)30(34)23-13-7-4-8-14-23/h3-15,18-19H,16-17H2,1-2H3. The number of nitrogens with zero attached hydrogens (tertiary/aromatic N) is 1. The number of carbonyl (C=O) groups is 3. The van der Waals surface area contributed by atoms with E-state index in [0.29, 0.717) is 33.5 Å². The van der Waals surface area contributed by atoms with Gasteiger partial charge in [0.15, 0.2) is 11.6 Å². The number of hydrogen-bond donors (Lipinski definition) is 0. The molecule has 174 valence electrons. The van der Waals surface area contributed by atoms with E-state index in [2.05, 4.69) is 4.98 Å². The Bertz CT molecular complexity index is 1380. The second-order valence-electron chi connectivity index (χ2n) is 8.22. The number of benzene rings is 3. The van der Waals surface area contributed by atoms with Gasteiger partial charge >= 0.3 is 5.97 Å². The van der Waals surface area contributed by atoms with Crippen molar-refractivity contribution in [2.45, 2.75) is 20.3 Å². The number of pyridine rings is 1. The van der Waals surface area contributed by atoms with Gasteiger partial charge in [0.2, 0.25) is 0 Å². The van der Waals surface area contributed by atoms with Crippen molar-refractivity contribution in [3.8, 4) is 11.1 Å². The van der Waals surface area contributed by atoms with Crippen molar-refractivity contribution in [3.05, 3.63) is 125 Å². The number of ketones is 2. The van der Waals surface area contributed by atoms with Crippen molar-refractivity contribution in [2.75, 3.05) is 6.61 Å². The highest BCUT2D eigenvalue weighted by Crippen LogP contribution is 2.33. The maximum absolute atomic E-state index is 13.9. The fraction of sp³-hybridized carbons (Fsp3) is 0.133. The molecule has 0 saturated carbocycles. The fourth-order valence-electron chi connectivity index (χ4n) is 4.03. The van der Waals surface area contributed by atoms with Crippen molar-refractivity contribution < 1.29 is 19.1 Å². The van der Waals surface area contributed by atoms with E-state index < -0.39 is 5.97 Å². The van der Waals surface area contributed by atoms with Gasteiger partial charge in [0, 0.05) is 41.8 Å². The Morgan fingerprint density at radius 1 is 0.800 bits per heavy atom. The third kappa shape index (κ3) is 5.41. The minimum absolute atomic E-state index is 0.0800. The third-order valence-corrected chi connectivity index (χ3v) is 5.65. The lowest BCUT2D eigenvalue weighted by Crippen LogP contribution is -2.16. The molecule has 0 N–H and O–H groups in total. The van der Waals surface area contributed by atoms with Crippen molar-refractivity contribution >= 4 is 17.5 Å². The Kier molecular flexibility index (Phi) is 7.27. The van der Waals surface area contributed by atoms with Crippen LogP contribution in [0.2, 0.25) is 0 Å². The molecule has 4 rings (SSSR count). The molecule has 0 amide bonds. The summed E-state index contributed by atoms with van der Waals surface area (Å²) >= 11 is 0. The lowest BCUT2D eigenvalue weighted by atomic mass is 9.86. The molecule has 0 atom stereocenters. The number of aromatic nitrogens is 1. The van der Waals surface area contributed by atoms with Crippen LogP contribution in [0.3, 0.4) is 0 Å². The van der Waals surface area contributed by atoms with E-state index >= 15 is 0 Å². The van der Waals surface area contributed by atoms with Crippen molar-refractivity contribution in [3.63, 3.8) is 0 Å². The average molecular weight is 464 g/mol. The summed E-state index contributed by atoms with van der Waals surface area (Å²) in [6.45, 7) is 3.38. The number of carbonyl (C=O) groups excluding carboxylic acids is 3. The van der Waals surface area contributed by atoms with Gasteiger partial charge < -0.3 is 4.74 Å². The van der Waals surface area contributed by atoms with Crippen LogP contribution in [0.1, 0.15) is 50.0 Å². The number of hydrogen-bond acceptors (Lipinski definition) is 5. The summed E-state index contributed by atoms with van der Waals surface area (Å²) in [5, 5.41) is 0. The Balaban J connectivity index is 1.98. The normalized spacial score (nSPS) is 10.6. The first-order chi connectivity index (χ1) is 17.0. The zero-order valence-corrected chi connectivity index (χ0v) is 19.7. The average Bonchev–Trinajstić information content (AvgIpc) is 2.88. The van der Waals surface area contributed by atoms with E-state index in [4.69, 9.17) is 4.74 Å². The third-order valence-electron chi connectivity index (χ3n) is 5.65. The van der Waals surface area contributed by atoms with Gasteiger partial charge in [0.1, 0.15) is 0 Å². The molecule has 3 aromatic carbocycles. The highest BCUT2D eigenvalue weighted by Gasteiger charge is 2.26. The predicted octanol–water partition coefficient (Wildman–Crippen LogP) is 5.62. The van der Waals surface area contributed by atoms with Crippen LogP contribution < -0.4 is 0 Å². The van der Waals surface area contributed by atoms with Crippen LogP contribution in [0.5, 0.6) is 0 Å². The molecule has 0 bridgehead atoms. The zero-order valence-electron chi connectivity index (χ0n) is 19.7. The summed E-state index contributed by atoms with van der Waals surface area (Å²) in [7, 11) is 0. The van der Waals surface area contributed by atoms with Crippen molar-refractivity contribution in [1.82, 2.24) is 4.98 Å². The molecule has 0 radical (unpaired) electrons. The van der Waals surface area contributed by atoms with Crippen LogP contribution in [0.25, 0.3) is 11.1 Å². The number of ether oxygens (including phenoxy) is 1. The van der Waals surface area contributed by atoms with Gasteiger partial charge in [-0.05, 0) is 12.5 Å². The second-order valence-corrected chi connectivity index (χ2v) is 8.22. The van der Waals surface area contributed by atoms with Gasteiger partial charge in [-0.15, -0.1) is 0 Å². The Morgan fingerprint density at radius 3 is 2.03 bits per heavy atom. The lowest BCUT2D eigenvalue weighted by Gasteiger charge is -2.18. The first-order valence-corrected chi connectivity index (χ1v) is 11.4. The predicted molar refractivity (Wildman–Crippen MR) is 134 cm³/mol. The fourth-order valence-corrected chi connectivity index (χ4v) is 4.03. The number of esters is 1. The Labute approximate surface area is 204 Å². The van der Waals surface area contributed by atoms with Gasteiger partial charge in [-0.2, -0.15) is 0 Å². The summed E-state index contributed by atoms with van der Waals surface area (Å²) in [5.74, 6) is -0.867. The molecular formula is C30H25NO4. The molecule has 0 unspecified atom stereocenters. The highest BCUT2D eigenvalue weighted by atomic mass is 16.5. The van der Waals surface area contributed by atoms with Crippen LogP contribution in [-0.2, 0) is 16.0 Å². The van der Waals surface area contributed by atoms with Gasteiger partial charge in [-0.25, -0.2) is 0 Å². The van der Waals surface area contributed by atoms with Crippen LogP contribution in [0.4, 0.5) is 0 Å². The first kappa shape index (κ1) is 23.8. The molecule has 1 aromatic heterocycles. The molecule has 0 spiro atoms. The quantitative estimate of drug-likeness (QED) is 0.250. The van der Waals surface area contributed by atoms with Crippen LogP contribution in [0, 0.1) is 6.92 Å². The number of rotatable bonds is 8. The molecule has 4 aromatic rings. The molecule has 1 heterocycles. The molecule has 0 aliphatic rings. The van der Waals surface area contributed by atoms with Gasteiger partial charge in [-0.3, -0.25) is 19.4 Å². The van der Waals surface area contributed by atoms with E-state index in [1.807, 2.05) is 43.3 Å². The van der Waals surface area contributed by atoms with E-state index in [0.717, 1.165) is 11.1 Å². The summed E-state index contributed by atoms with van der Waals surface area (Å²) in [5.41, 5.74) is 4.44. The van der Waals surface area contributed by atoms with Gasteiger partial charge in [-0.1, -0.05) is 90.5 Å². The molecule has 35 heavy (non-hydrogen) atoms. The topological polar surface area (TPSA) is 73.3 Å². The molecule has 0 aliphatic heterocycles. The smallest absolute Gasteiger partial charge is 0.302 e. The Hall–Kier alpha value is -4.38. The van der Waals surface area contributed by atoms with E-state index in [-0.39, 0.29) is 24.6 Å². The van der Waals surface area contributed by atoms with Gasteiger partial charge in [0.25, 0.3) is 0 Å². The summed E-state index contributed by atoms with van der Waals surface area (Å²) in [6, 6.07) is 25.6. The zero-order chi connectivity index (χ0) is 24.8. The Morgan fingerprint density at radius 2 is 1.43 bits per heavy atom. The molecule has 0 aliphatic carbocycles. The first-order valence-electron chi connectivity index (χ1n) is 11.4. The molecular weight excluding hydrogens is 438 g/mol. The minimum Gasteiger partial charge on any atom is -0.465 e. The maximum atomic E-state index is 13.9. The maximum Gasteiger partial charge on any atom is 0.302 e. The SMILES string of the molecule is CC(=O)OCCc1ncc(C(=O)c2ccccc2)c(-c2cccc(C)c2)c1C(=O)c1ccccc1.